The molecule has 3 saturated carbocycles. The first-order valence-electron chi connectivity index (χ1n) is 17.9. The average molecular weight is 515 g/mol. The van der Waals surface area contributed by atoms with Crippen molar-refractivity contribution in [1.29, 1.82) is 0 Å². The Morgan fingerprint density at radius 2 is 1.22 bits per heavy atom. The van der Waals surface area contributed by atoms with Crippen LogP contribution in [0, 0.1) is 65.1 Å². The molecular weight excluding hydrogens is 444 g/mol. The summed E-state index contributed by atoms with van der Waals surface area (Å²) < 4.78 is 0. The van der Waals surface area contributed by atoms with Crippen LogP contribution in [0.25, 0.3) is 0 Å². The third kappa shape index (κ3) is 9.55. The summed E-state index contributed by atoms with van der Waals surface area (Å²) in [5, 5.41) is 0. The van der Waals surface area contributed by atoms with Crippen molar-refractivity contribution < 1.29 is 0 Å². The van der Waals surface area contributed by atoms with Gasteiger partial charge in [0, 0.05) is 0 Å². The monoisotopic (exact) mass is 515 g/mol. The molecule has 3 fully saturated rings. The largest absolute Gasteiger partial charge is 0.0654 e. The van der Waals surface area contributed by atoms with Crippen molar-refractivity contribution in [2.24, 2.45) is 65.1 Å². The first-order chi connectivity index (χ1) is 17.9. The lowest BCUT2D eigenvalue weighted by atomic mass is 9.62. The summed E-state index contributed by atoms with van der Waals surface area (Å²) in [4.78, 5) is 0. The molecule has 3 rings (SSSR count). The molecule has 0 amide bonds. The van der Waals surface area contributed by atoms with E-state index in [0.29, 0.717) is 0 Å². The highest BCUT2D eigenvalue weighted by molar-refractivity contribution is 4.88. The number of rotatable bonds is 14. The van der Waals surface area contributed by atoms with E-state index < -0.39 is 0 Å². The Hall–Kier alpha value is 0. The van der Waals surface area contributed by atoms with Gasteiger partial charge in [-0.25, -0.2) is 0 Å². The lowest BCUT2D eigenvalue weighted by Gasteiger charge is -2.44. The van der Waals surface area contributed by atoms with Gasteiger partial charge in [-0.2, -0.15) is 0 Å². The van der Waals surface area contributed by atoms with Gasteiger partial charge in [-0.1, -0.05) is 145 Å². The molecule has 0 spiro atoms. The van der Waals surface area contributed by atoms with Crippen molar-refractivity contribution in [2.45, 2.75) is 170 Å². The first-order valence-corrected chi connectivity index (χ1v) is 17.9. The Kier molecular flexibility index (Phi) is 13.9. The molecule has 37 heavy (non-hydrogen) atoms. The van der Waals surface area contributed by atoms with Crippen molar-refractivity contribution in [3.8, 4) is 0 Å². The Labute approximate surface area is 235 Å². The molecule has 0 aliphatic heterocycles. The smallest absolute Gasteiger partial charge is 0.0355 e. The van der Waals surface area contributed by atoms with Crippen LogP contribution in [0.3, 0.4) is 0 Å². The lowest BCUT2D eigenvalue weighted by Crippen LogP contribution is -2.35. The van der Waals surface area contributed by atoms with E-state index in [1.54, 1.807) is 25.7 Å². The molecule has 0 nitrogen and oxygen atoms in total. The molecule has 3 aliphatic carbocycles. The van der Waals surface area contributed by atoms with E-state index in [4.69, 9.17) is 0 Å². The van der Waals surface area contributed by atoms with Crippen LogP contribution in [-0.4, -0.2) is 0 Å². The molecule has 0 N–H and O–H groups in total. The number of hydrogen-bond acceptors (Lipinski definition) is 0. The molecule has 0 aromatic carbocycles. The minimum Gasteiger partial charge on any atom is -0.0654 e. The van der Waals surface area contributed by atoms with Crippen molar-refractivity contribution >= 4 is 0 Å². The molecule has 0 heteroatoms. The molecule has 7 unspecified atom stereocenters. The second kappa shape index (κ2) is 16.3. The van der Waals surface area contributed by atoms with Gasteiger partial charge in [-0.05, 0) is 90.8 Å². The maximum atomic E-state index is 2.63. The molecular formula is C37H70. The summed E-state index contributed by atoms with van der Waals surface area (Å²) in [6.45, 7) is 17.7. The van der Waals surface area contributed by atoms with Crippen LogP contribution in [0.5, 0.6) is 0 Å². The number of hydrogen-bond donors (Lipinski definition) is 0. The van der Waals surface area contributed by atoms with Gasteiger partial charge in [0.25, 0.3) is 0 Å². The summed E-state index contributed by atoms with van der Waals surface area (Å²) >= 11 is 0. The summed E-state index contributed by atoms with van der Waals surface area (Å²) in [6.07, 6.45) is 28.5. The maximum absolute atomic E-state index is 2.63. The maximum Gasteiger partial charge on any atom is -0.0355 e. The predicted octanol–water partition coefficient (Wildman–Crippen LogP) is 12.4. The predicted molar refractivity (Wildman–Crippen MR) is 166 cm³/mol. The summed E-state index contributed by atoms with van der Waals surface area (Å²) in [6, 6.07) is 0. The minimum absolute atomic E-state index is 0.899. The van der Waals surface area contributed by atoms with E-state index in [0.717, 1.165) is 65.1 Å². The van der Waals surface area contributed by atoms with Gasteiger partial charge in [0.15, 0.2) is 0 Å². The SMILES string of the molecule is CCCC1CCC(CC(C)C(C)CC(CC)C(CC)C2CC(CC3CCC(CC)CC3)CCC2C)CC1. The van der Waals surface area contributed by atoms with Crippen molar-refractivity contribution in [3.05, 3.63) is 0 Å². The summed E-state index contributed by atoms with van der Waals surface area (Å²) in [5.74, 6) is 10.9. The third-order valence-corrected chi connectivity index (χ3v) is 12.7. The topological polar surface area (TPSA) is 0 Å². The fourth-order valence-electron chi connectivity index (χ4n) is 9.87. The Morgan fingerprint density at radius 3 is 1.81 bits per heavy atom. The van der Waals surface area contributed by atoms with Crippen LogP contribution in [0.2, 0.25) is 0 Å². The molecule has 0 aromatic rings. The van der Waals surface area contributed by atoms with Crippen molar-refractivity contribution in [2.75, 3.05) is 0 Å². The van der Waals surface area contributed by atoms with E-state index in [1.165, 1.54) is 96.3 Å². The highest BCUT2D eigenvalue weighted by Crippen LogP contribution is 2.47. The quantitative estimate of drug-likeness (QED) is 0.216. The molecule has 0 radical (unpaired) electrons. The second-order valence-electron chi connectivity index (χ2n) is 15.2. The molecule has 0 bridgehead atoms. The van der Waals surface area contributed by atoms with E-state index in [-0.39, 0.29) is 0 Å². The van der Waals surface area contributed by atoms with Crippen LogP contribution in [0.4, 0.5) is 0 Å². The van der Waals surface area contributed by atoms with E-state index in [2.05, 4.69) is 48.5 Å². The van der Waals surface area contributed by atoms with Gasteiger partial charge in [-0.15, -0.1) is 0 Å². The van der Waals surface area contributed by atoms with Gasteiger partial charge in [0.1, 0.15) is 0 Å². The van der Waals surface area contributed by atoms with Gasteiger partial charge in [0.2, 0.25) is 0 Å². The van der Waals surface area contributed by atoms with Gasteiger partial charge in [-0.3, -0.25) is 0 Å². The highest BCUT2D eigenvalue weighted by Gasteiger charge is 2.37. The first kappa shape index (κ1) is 31.5. The zero-order valence-electron chi connectivity index (χ0n) is 26.8. The Morgan fingerprint density at radius 1 is 0.622 bits per heavy atom. The zero-order valence-corrected chi connectivity index (χ0v) is 26.8. The van der Waals surface area contributed by atoms with E-state index >= 15 is 0 Å². The van der Waals surface area contributed by atoms with Gasteiger partial charge < -0.3 is 0 Å². The van der Waals surface area contributed by atoms with Crippen LogP contribution in [-0.2, 0) is 0 Å². The highest BCUT2D eigenvalue weighted by atomic mass is 14.4. The second-order valence-corrected chi connectivity index (χ2v) is 15.2. The molecule has 3 aliphatic rings. The third-order valence-electron chi connectivity index (χ3n) is 12.7. The Balaban J connectivity index is 1.50. The Bertz CT molecular complexity index is 577. The average Bonchev–Trinajstić information content (AvgIpc) is 2.91. The van der Waals surface area contributed by atoms with Crippen LogP contribution < -0.4 is 0 Å². The summed E-state index contributed by atoms with van der Waals surface area (Å²) in [7, 11) is 0. The molecule has 0 saturated heterocycles. The normalized spacial score (nSPS) is 36.6. The van der Waals surface area contributed by atoms with Crippen molar-refractivity contribution in [3.63, 3.8) is 0 Å². The minimum atomic E-state index is 0.899. The fraction of sp³-hybridized carbons (Fsp3) is 1.00. The molecule has 218 valence electrons. The lowest BCUT2D eigenvalue weighted by molar-refractivity contribution is 0.0625. The molecule has 0 aromatic heterocycles. The van der Waals surface area contributed by atoms with E-state index in [1.807, 2.05) is 0 Å². The molecule has 7 atom stereocenters. The zero-order chi connectivity index (χ0) is 26.8. The van der Waals surface area contributed by atoms with Gasteiger partial charge >= 0.3 is 0 Å². The van der Waals surface area contributed by atoms with Crippen LogP contribution in [0.15, 0.2) is 0 Å². The van der Waals surface area contributed by atoms with Crippen LogP contribution in [0.1, 0.15) is 170 Å². The van der Waals surface area contributed by atoms with E-state index in [9.17, 15) is 0 Å². The summed E-state index contributed by atoms with van der Waals surface area (Å²) in [5.41, 5.74) is 0. The molecule has 0 heterocycles. The van der Waals surface area contributed by atoms with Crippen molar-refractivity contribution in [1.82, 2.24) is 0 Å². The van der Waals surface area contributed by atoms with Crippen LogP contribution >= 0.6 is 0 Å². The van der Waals surface area contributed by atoms with Gasteiger partial charge in [0.05, 0.1) is 0 Å². The standard InChI is InChI=1S/C37H70/c1-8-12-31-17-21-32(22-18-31)23-28(6)29(7)24-35(10-3)36(11-4)37-26-34(14-13-27(37)5)25-33-19-15-30(9-2)16-20-33/h27-37H,8-26H2,1-7H3. The fourth-order valence-corrected chi connectivity index (χ4v) is 9.87.